The highest BCUT2D eigenvalue weighted by Gasteiger charge is 2.12. The first-order chi connectivity index (χ1) is 11.0. The van der Waals surface area contributed by atoms with Crippen molar-refractivity contribution < 1.29 is 19.4 Å². The average Bonchev–Trinajstić information content (AvgIpc) is 3.02. The lowest BCUT2D eigenvalue weighted by Gasteiger charge is -2.12. The van der Waals surface area contributed by atoms with Gasteiger partial charge in [0, 0.05) is 23.2 Å². The summed E-state index contributed by atoms with van der Waals surface area (Å²) in [4.78, 5) is 30.9. The molecule has 0 aliphatic heterocycles. The Kier molecular flexibility index (Phi) is 5.64. The van der Waals surface area contributed by atoms with Crippen LogP contribution in [-0.2, 0) is 6.54 Å². The smallest absolute Gasteiger partial charge is 0.355 e. The van der Waals surface area contributed by atoms with E-state index in [1.807, 2.05) is 13.8 Å². The summed E-state index contributed by atoms with van der Waals surface area (Å²) in [5.74, 6) is -0.984. The number of rotatable bonds is 7. The number of nitrogens with one attached hydrogen (secondary N) is 1. The zero-order chi connectivity index (χ0) is 16.8. The van der Waals surface area contributed by atoms with E-state index < -0.39 is 5.97 Å². The Morgan fingerprint density at radius 3 is 2.91 bits per heavy atom. The maximum atomic E-state index is 12.1. The number of aromatic carboxylic acids is 1. The summed E-state index contributed by atoms with van der Waals surface area (Å²) < 4.78 is 5.58. The number of hydrogen-bond acceptors (Lipinski definition) is 6. The quantitative estimate of drug-likeness (QED) is 0.805. The highest BCUT2D eigenvalue weighted by Crippen LogP contribution is 2.13. The number of thiazole rings is 1. The Morgan fingerprint density at radius 1 is 1.48 bits per heavy atom. The molecule has 122 valence electrons. The number of carbonyl (C=O) groups excluding carboxylic acids is 1. The van der Waals surface area contributed by atoms with Gasteiger partial charge in [0.1, 0.15) is 5.01 Å². The van der Waals surface area contributed by atoms with Crippen LogP contribution in [0.25, 0.3) is 0 Å². The molecule has 2 rings (SSSR count). The normalized spacial score (nSPS) is 11.7. The minimum absolute atomic E-state index is 0.0190. The fourth-order valence-electron chi connectivity index (χ4n) is 1.65. The molecule has 8 heteroatoms. The molecule has 0 saturated carbocycles. The number of aromatic nitrogens is 2. The summed E-state index contributed by atoms with van der Waals surface area (Å²) in [5.41, 5.74) is 0.403. The van der Waals surface area contributed by atoms with Gasteiger partial charge < -0.3 is 15.2 Å². The van der Waals surface area contributed by atoms with Crippen molar-refractivity contribution in [2.45, 2.75) is 32.9 Å². The molecular weight excluding hydrogens is 318 g/mol. The van der Waals surface area contributed by atoms with Gasteiger partial charge in [0.15, 0.2) is 5.69 Å². The van der Waals surface area contributed by atoms with Crippen LogP contribution in [0.2, 0.25) is 0 Å². The van der Waals surface area contributed by atoms with Crippen molar-refractivity contribution in [2.75, 3.05) is 0 Å². The van der Waals surface area contributed by atoms with Crippen LogP contribution in [0.5, 0.6) is 5.88 Å². The van der Waals surface area contributed by atoms with Gasteiger partial charge in [-0.2, -0.15) is 0 Å². The number of carboxylic acid groups (broad SMARTS) is 1. The zero-order valence-electron chi connectivity index (χ0n) is 12.8. The summed E-state index contributed by atoms with van der Waals surface area (Å²) >= 11 is 1.19. The number of amides is 1. The molecule has 2 N–H and O–H groups in total. The Balaban J connectivity index is 1.97. The van der Waals surface area contributed by atoms with Crippen molar-refractivity contribution in [3.05, 3.63) is 40.0 Å². The van der Waals surface area contributed by atoms with E-state index in [2.05, 4.69) is 15.3 Å². The van der Waals surface area contributed by atoms with Crippen molar-refractivity contribution >= 4 is 23.2 Å². The summed E-state index contributed by atoms with van der Waals surface area (Å²) in [6, 6.07) is 3.16. The van der Waals surface area contributed by atoms with Gasteiger partial charge in [-0.05, 0) is 19.4 Å². The molecule has 23 heavy (non-hydrogen) atoms. The van der Waals surface area contributed by atoms with E-state index in [1.54, 1.807) is 12.1 Å². The molecule has 7 nitrogen and oxygen atoms in total. The van der Waals surface area contributed by atoms with Crippen LogP contribution in [-0.4, -0.2) is 33.1 Å². The van der Waals surface area contributed by atoms with E-state index in [0.29, 0.717) is 16.5 Å². The van der Waals surface area contributed by atoms with Crippen molar-refractivity contribution in [1.29, 1.82) is 0 Å². The molecule has 0 saturated heterocycles. The van der Waals surface area contributed by atoms with E-state index in [4.69, 9.17) is 9.84 Å². The fourth-order valence-corrected chi connectivity index (χ4v) is 2.36. The molecule has 0 aliphatic rings. The number of pyridine rings is 1. The standard InChI is InChI=1S/C15H17N3O4S/c1-3-9(2)22-12-6-10(4-5-16-12)14(19)17-7-13-18-11(8-23-13)15(20)21/h4-6,8-9H,3,7H2,1-2H3,(H,17,19)(H,20,21). The maximum absolute atomic E-state index is 12.1. The SMILES string of the molecule is CCC(C)Oc1cc(C(=O)NCc2nc(C(=O)O)cs2)ccn1. The van der Waals surface area contributed by atoms with Crippen molar-refractivity contribution in [3.63, 3.8) is 0 Å². The predicted octanol–water partition coefficient (Wildman–Crippen LogP) is 2.34. The van der Waals surface area contributed by atoms with Crippen molar-refractivity contribution in [2.24, 2.45) is 0 Å². The lowest BCUT2D eigenvalue weighted by molar-refractivity contribution is 0.0691. The van der Waals surface area contributed by atoms with Gasteiger partial charge in [-0.15, -0.1) is 11.3 Å². The van der Waals surface area contributed by atoms with E-state index in [-0.39, 0.29) is 24.2 Å². The second kappa shape index (κ2) is 7.68. The average molecular weight is 335 g/mol. The molecule has 2 heterocycles. The van der Waals surface area contributed by atoms with Gasteiger partial charge in [-0.25, -0.2) is 14.8 Å². The Hall–Kier alpha value is -2.48. The van der Waals surface area contributed by atoms with Gasteiger partial charge in [-0.1, -0.05) is 6.92 Å². The Bertz CT molecular complexity index is 702. The Morgan fingerprint density at radius 2 is 2.26 bits per heavy atom. The van der Waals surface area contributed by atoms with E-state index >= 15 is 0 Å². The summed E-state index contributed by atoms with van der Waals surface area (Å²) in [5, 5.41) is 13.5. The molecular formula is C15H17N3O4S. The highest BCUT2D eigenvalue weighted by atomic mass is 32.1. The molecule has 0 fully saturated rings. The van der Waals surface area contributed by atoms with Crippen LogP contribution < -0.4 is 10.1 Å². The summed E-state index contributed by atoms with van der Waals surface area (Å²) in [7, 11) is 0. The fraction of sp³-hybridized carbons (Fsp3) is 0.333. The van der Waals surface area contributed by atoms with Crippen molar-refractivity contribution in [1.82, 2.24) is 15.3 Å². The van der Waals surface area contributed by atoms with E-state index in [0.717, 1.165) is 6.42 Å². The molecule has 0 radical (unpaired) electrons. The Labute approximate surface area is 137 Å². The maximum Gasteiger partial charge on any atom is 0.355 e. The first-order valence-corrected chi connectivity index (χ1v) is 7.96. The molecule has 2 aromatic rings. The van der Waals surface area contributed by atoms with Crippen LogP contribution >= 0.6 is 11.3 Å². The second-order valence-corrected chi connectivity index (χ2v) is 5.78. The number of hydrogen-bond donors (Lipinski definition) is 2. The van der Waals surface area contributed by atoms with Crippen LogP contribution in [0.15, 0.2) is 23.7 Å². The van der Waals surface area contributed by atoms with Crippen LogP contribution in [0.4, 0.5) is 0 Å². The third-order valence-corrected chi connectivity index (χ3v) is 3.91. The molecule has 2 aromatic heterocycles. The molecule has 0 bridgehead atoms. The van der Waals surface area contributed by atoms with Crippen LogP contribution in [0.1, 0.15) is 46.1 Å². The second-order valence-electron chi connectivity index (χ2n) is 4.83. The predicted molar refractivity (Wildman–Crippen MR) is 84.9 cm³/mol. The first-order valence-electron chi connectivity index (χ1n) is 7.08. The zero-order valence-corrected chi connectivity index (χ0v) is 13.6. The van der Waals surface area contributed by atoms with Gasteiger partial charge in [0.05, 0.1) is 12.6 Å². The number of carbonyl (C=O) groups is 2. The monoisotopic (exact) mass is 335 g/mol. The lowest BCUT2D eigenvalue weighted by atomic mass is 10.2. The van der Waals surface area contributed by atoms with Gasteiger partial charge in [0.2, 0.25) is 5.88 Å². The molecule has 1 atom stereocenters. The number of nitrogens with zero attached hydrogens (tertiary/aromatic N) is 2. The minimum Gasteiger partial charge on any atom is -0.476 e. The van der Waals surface area contributed by atoms with E-state index in [9.17, 15) is 9.59 Å². The largest absolute Gasteiger partial charge is 0.476 e. The first kappa shape index (κ1) is 16.9. The van der Waals surface area contributed by atoms with Gasteiger partial charge >= 0.3 is 5.97 Å². The van der Waals surface area contributed by atoms with Gasteiger partial charge in [-0.3, -0.25) is 4.79 Å². The summed E-state index contributed by atoms with van der Waals surface area (Å²) in [6.45, 7) is 4.10. The minimum atomic E-state index is -1.08. The molecule has 0 aromatic carbocycles. The third kappa shape index (κ3) is 4.75. The lowest BCUT2D eigenvalue weighted by Crippen LogP contribution is -2.23. The topological polar surface area (TPSA) is 101 Å². The van der Waals surface area contributed by atoms with Gasteiger partial charge in [0.25, 0.3) is 5.91 Å². The molecule has 1 amide bonds. The third-order valence-electron chi connectivity index (χ3n) is 3.06. The van der Waals surface area contributed by atoms with E-state index in [1.165, 1.54) is 22.9 Å². The highest BCUT2D eigenvalue weighted by molar-refractivity contribution is 7.09. The van der Waals surface area contributed by atoms with Crippen LogP contribution in [0.3, 0.4) is 0 Å². The number of ether oxygens (including phenoxy) is 1. The molecule has 0 spiro atoms. The van der Waals surface area contributed by atoms with Crippen LogP contribution in [0, 0.1) is 0 Å². The molecule has 1 unspecified atom stereocenters. The number of carboxylic acids is 1. The molecule has 0 aliphatic carbocycles. The summed E-state index contributed by atoms with van der Waals surface area (Å²) in [6.07, 6.45) is 2.37. The van der Waals surface area contributed by atoms with Crippen molar-refractivity contribution in [3.8, 4) is 5.88 Å².